The van der Waals surface area contributed by atoms with Gasteiger partial charge in [-0.2, -0.15) is 0 Å². The van der Waals surface area contributed by atoms with Crippen molar-refractivity contribution in [1.29, 1.82) is 0 Å². The van der Waals surface area contributed by atoms with Gasteiger partial charge in [0.25, 0.3) is 5.91 Å². The number of fused-ring (bicyclic) bond motifs is 3. The zero-order valence-electron chi connectivity index (χ0n) is 11.2. The third kappa shape index (κ3) is 1.97. The van der Waals surface area contributed by atoms with Gasteiger partial charge in [-0.3, -0.25) is 4.79 Å². The quantitative estimate of drug-likeness (QED) is 0.786. The second-order valence-corrected chi connectivity index (χ2v) is 5.87. The van der Waals surface area contributed by atoms with Crippen LogP contribution in [0.15, 0.2) is 26.6 Å². The van der Waals surface area contributed by atoms with E-state index in [1.54, 1.807) is 24.3 Å². The summed E-state index contributed by atoms with van der Waals surface area (Å²) in [7, 11) is 0. The number of nitrogens with one attached hydrogen (secondary N) is 1. The van der Waals surface area contributed by atoms with Crippen LogP contribution in [0.1, 0.15) is 26.7 Å². The Hall–Kier alpha value is -2.41. The third-order valence-corrected chi connectivity index (χ3v) is 4.45. The van der Waals surface area contributed by atoms with Gasteiger partial charge in [-0.25, -0.2) is 0 Å². The number of anilines is 1. The number of hydrogen-bond donors (Lipinski definition) is 1. The molecule has 0 saturated carbocycles. The molecule has 6 nitrogen and oxygen atoms in total. The van der Waals surface area contributed by atoms with Gasteiger partial charge in [-0.05, 0) is 31.2 Å². The first kappa shape index (κ1) is 12.3. The molecule has 0 aromatic carbocycles. The Balaban J connectivity index is 1.67. The van der Waals surface area contributed by atoms with E-state index in [1.165, 1.54) is 4.88 Å². The van der Waals surface area contributed by atoms with E-state index in [0.717, 1.165) is 24.0 Å². The summed E-state index contributed by atoms with van der Waals surface area (Å²) in [5, 5.41) is 12.4. The molecule has 0 bridgehead atoms. The zero-order chi connectivity index (χ0) is 14.4. The standard InChI is InChI=1S/C14H11N3O3S/c1-7-6-11(16-19-7)15-14(18)12-9-2-3-10-8(4-5-21-10)13(9)20-17-12/h4-6H,2-3H2,1H3,(H,15,16,18). The Labute approximate surface area is 123 Å². The minimum absolute atomic E-state index is 0.322. The maximum atomic E-state index is 12.3. The van der Waals surface area contributed by atoms with Crippen LogP contribution in [0, 0.1) is 6.92 Å². The number of carbonyl (C=O) groups excluding carboxylic acids is 1. The first-order valence-corrected chi connectivity index (χ1v) is 7.40. The molecule has 0 spiro atoms. The molecule has 1 N–H and O–H groups in total. The fourth-order valence-corrected chi connectivity index (χ4v) is 3.38. The van der Waals surface area contributed by atoms with Crippen molar-refractivity contribution in [3.05, 3.63) is 39.4 Å². The average molecular weight is 301 g/mol. The molecule has 7 heteroatoms. The van der Waals surface area contributed by atoms with E-state index in [2.05, 4.69) is 15.6 Å². The SMILES string of the molecule is Cc1cc(NC(=O)c2noc3c2CCc2sccc2-3)no1. The minimum Gasteiger partial charge on any atom is -0.360 e. The number of rotatable bonds is 2. The molecule has 106 valence electrons. The van der Waals surface area contributed by atoms with Crippen molar-refractivity contribution in [3.63, 3.8) is 0 Å². The van der Waals surface area contributed by atoms with Crippen LogP contribution >= 0.6 is 11.3 Å². The second-order valence-electron chi connectivity index (χ2n) is 4.87. The first-order chi connectivity index (χ1) is 10.2. The van der Waals surface area contributed by atoms with Crippen LogP contribution in [0.25, 0.3) is 11.3 Å². The monoisotopic (exact) mass is 301 g/mol. The Kier molecular flexibility index (Phi) is 2.68. The summed E-state index contributed by atoms with van der Waals surface area (Å²) in [5.41, 5.74) is 2.23. The van der Waals surface area contributed by atoms with Crippen molar-refractivity contribution in [2.75, 3.05) is 5.32 Å². The molecule has 0 unspecified atom stereocenters. The number of aromatic nitrogens is 2. The lowest BCUT2D eigenvalue weighted by molar-refractivity contribution is 0.101. The number of nitrogens with zero attached hydrogens (tertiary/aromatic N) is 2. The zero-order valence-corrected chi connectivity index (χ0v) is 12.0. The number of thiophene rings is 1. The highest BCUT2D eigenvalue weighted by atomic mass is 32.1. The second kappa shape index (κ2) is 4.56. The first-order valence-electron chi connectivity index (χ1n) is 6.52. The van der Waals surface area contributed by atoms with Gasteiger partial charge in [0.1, 0.15) is 5.76 Å². The van der Waals surface area contributed by atoms with Crippen molar-refractivity contribution in [1.82, 2.24) is 10.3 Å². The fraction of sp³-hybridized carbons (Fsp3) is 0.214. The van der Waals surface area contributed by atoms with Gasteiger partial charge in [0.15, 0.2) is 17.3 Å². The van der Waals surface area contributed by atoms with Gasteiger partial charge in [-0.15, -0.1) is 11.3 Å². The normalized spacial score (nSPS) is 12.8. The molecule has 0 saturated heterocycles. The molecular weight excluding hydrogens is 290 g/mol. The minimum atomic E-state index is -0.327. The summed E-state index contributed by atoms with van der Waals surface area (Å²) in [6, 6.07) is 3.66. The predicted molar refractivity (Wildman–Crippen MR) is 76.4 cm³/mol. The molecule has 1 aliphatic rings. The molecule has 3 aromatic rings. The maximum Gasteiger partial charge on any atom is 0.279 e. The number of aryl methyl sites for hydroxylation is 2. The summed E-state index contributed by atoms with van der Waals surface area (Å²) in [6.07, 6.45) is 1.66. The molecule has 0 atom stereocenters. The lowest BCUT2D eigenvalue weighted by Crippen LogP contribution is -2.15. The summed E-state index contributed by atoms with van der Waals surface area (Å²) in [5.74, 6) is 1.39. The predicted octanol–water partition coefficient (Wildman–Crippen LogP) is 3.05. The topological polar surface area (TPSA) is 81.2 Å². The van der Waals surface area contributed by atoms with Crippen LogP contribution in [-0.2, 0) is 12.8 Å². The Morgan fingerprint density at radius 1 is 1.33 bits per heavy atom. The van der Waals surface area contributed by atoms with Gasteiger partial charge in [0.05, 0.1) is 0 Å². The molecule has 1 aliphatic carbocycles. The van der Waals surface area contributed by atoms with Crippen LogP contribution in [0.3, 0.4) is 0 Å². The number of hydrogen-bond acceptors (Lipinski definition) is 6. The van der Waals surface area contributed by atoms with Gasteiger partial charge in [0.2, 0.25) is 0 Å². The molecule has 0 radical (unpaired) electrons. The number of carbonyl (C=O) groups is 1. The Bertz CT molecular complexity index is 830. The molecule has 4 rings (SSSR count). The average Bonchev–Trinajstić information content (AvgIpc) is 3.15. The van der Waals surface area contributed by atoms with Crippen molar-refractivity contribution in [3.8, 4) is 11.3 Å². The molecule has 3 heterocycles. The molecule has 0 aliphatic heterocycles. The van der Waals surface area contributed by atoms with E-state index in [0.29, 0.717) is 23.0 Å². The van der Waals surface area contributed by atoms with Crippen molar-refractivity contribution in [2.45, 2.75) is 19.8 Å². The summed E-state index contributed by atoms with van der Waals surface area (Å²) >= 11 is 1.70. The molecule has 21 heavy (non-hydrogen) atoms. The lowest BCUT2D eigenvalue weighted by atomic mass is 9.95. The molecule has 3 aromatic heterocycles. The van der Waals surface area contributed by atoms with Gasteiger partial charge < -0.3 is 14.4 Å². The van der Waals surface area contributed by atoms with E-state index >= 15 is 0 Å². The van der Waals surface area contributed by atoms with Crippen LogP contribution in [0.5, 0.6) is 0 Å². The lowest BCUT2D eigenvalue weighted by Gasteiger charge is -2.09. The summed E-state index contributed by atoms with van der Waals surface area (Å²) in [6.45, 7) is 1.76. The third-order valence-electron chi connectivity index (χ3n) is 3.46. The highest BCUT2D eigenvalue weighted by Gasteiger charge is 2.28. The van der Waals surface area contributed by atoms with E-state index < -0.39 is 0 Å². The van der Waals surface area contributed by atoms with Gasteiger partial charge in [-0.1, -0.05) is 10.3 Å². The van der Waals surface area contributed by atoms with Crippen LogP contribution in [-0.4, -0.2) is 16.2 Å². The van der Waals surface area contributed by atoms with Gasteiger partial charge in [0, 0.05) is 22.1 Å². The van der Waals surface area contributed by atoms with Gasteiger partial charge >= 0.3 is 0 Å². The van der Waals surface area contributed by atoms with Crippen molar-refractivity contribution >= 4 is 23.1 Å². The van der Waals surface area contributed by atoms with E-state index in [4.69, 9.17) is 9.05 Å². The summed E-state index contributed by atoms with van der Waals surface area (Å²) in [4.78, 5) is 13.6. The van der Waals surface area contributed by atoms with Crippen molar-refractivity contribution < 1.29 is 13.8 Å². The van der Waals surface area contributed by atoms with E-state index in [-0.39, 0.29) is 5.91 Å². The highest BCUT2D eigenvalue weighted by Crippen LogP contribution is 2.38. The number of amides is 1. The largest absolute Gasteiger partial charge is 0.360 e. The smallest absolute Gasteiger partial charge is 0.279 e. The molecule has 1 amide bonds. The fourth-order valence-electron chi connectivity index (χ4n) is 2.51. The Morgan fingerprint density at radius 2 is 2.24 bits per heavy atom. The molecular formula is C14H11N3O3S. The molecule has 0 fully saturated rings. The Morgan fingerprint density at radius 3 is 3.05 bits per heavy atom. The van der Waals surface area contributed by atoms with E-state index in [1.807, 2.05) is 11.4 Å². The van der Waals surface area contributed by atoms with Crippen molar-refractivity contribution in [2.24, 2.45) is 0 Å². The highest BCUT2D eigenvalue weighted by molar-refractivity contribution is 7.10. The van der Waals surface area contributed by atoms with Crippen LogP contribution < -0.4 is 5.32 Å². The summed E-state index contributed by atoms with van der Waals surface area (Å²) < 4.78 is 10.3. The van der Waals surface area contributed by atoms with Crippen LogP contribution in [0.2, 0.25) is 0 Å². The maximum absolute atomic E-state index is 12.3. The van der Waals surface area contributed by atoms with Crippen LogP contribution in [0.4, 0.5) is 5.82 Å². The van der Waals surface area contributed by atoms with E-state index in [9.17, 15) is 4.79 Å².